The van der Waals surface area contributed by atoms with Crippen molar-refractivity contribution in [2.45, 2.75) is 31.7 Å². The van der Waals surface area contributed by atoms with Crippen LogP contribution in [-0.2, 0) is 11.3 Å². The molecule has 0 saturated heterocycles. The molecular formula is C20H21N5O. The van der Waals surface area contributed by atoms with Gasteiger partial charge in [-0.1, -0.05) is 66.7 Å². The van der Waals surface area contributed by atoms with Crippen LogP contribution < -0.4 is 0 Å². The highest BCUT2D eigenvalue weighted by Gasteiger charge is 2.33. The van der Waals surface area contributed by atoms with Gasteiger partial charge in [0.25, 0.3) is 0 Å². The van der Waals surface area contributed by atoms with E-state index in [0.29, 0.717) is 25.3 Å². The van der Waals surface area contributed by atoms with Crippen molar-refractivity contribution in [2.24, 2.45) is 0 Å². The summed E-state index contributed by atoms with van der Waals surface area (Å²) in [6, 6.07) is 18.8. The van der Waals surface area contributed by atoms with Crippen molar-refractivity contribution in [1.82, 2.24) is 25.5 Å². The summed E-state index contributed by atoms with van der Waals surface area (Å²) in [6.45, 7) is 3.26. The van der Waals surface area contributed by atoms with Gasteiger partial charge in [-0.2, -0.15) is 5.21 Å². The Morgan fingerprint density at radius 1 is 1.19 bits per heavy atom. The van der Waals surface area contributed by atoms with E-state index < -0.39 is 0 Å². The quantitative estimate of drug-likeness (QED) is 0.787. The lowest BCUT2D eigenvalue weighted by Gasteiger charge is -2.36. The van der Waals surface area contributed by atoms with E-state index in [1.165, 1.54) is 16.7 Å². The Hall–Kier alpha value is -3.02. The van der Waals surface area contributed by atoms with Crippen LogP contribution in [0.15, 0.2) is 54.6 Å². The highest BCUT2D eigenvalue weighted by Crippen LogP contribution is 2.34. The topological polar surface area (TPSA) is 74.8 Å². The molecule has 0 aliphatic carbocycles. The van der Waals surface area contributed by atoms with Crippen molar-refractivity contribution in [3.8, 4) is 0 Å². The van der Waals surface area contributed by atoms with E-state index >= 15 is 0 Å². The molecule has 0 fully saturated rings. The monoisotopic (exact) mass is 347 g/mol. The maximum atomic E-state index is 13.2. The van der Waals surface area contributed by atoms with Crippen LogP contribution in [0.1, 0.15) is 47.7 Å². The second kappa shape index (κ2) is 7.07. The van der Waals surface area contributed by atoms with Gasteiger partial charge in [0, 0.05) is 19.0 Å². The first kappa shape index (κ1) is 16.4. The van der Waals surface area contributed by atoms with Gasteiger partial charge in [0.1, 0.15) is 5.92 Å². The molecule has 2 heterocycles. The molecule has 1 aliphatic rings. The molecule has 2 aromatic carbocycles. The fraction of sp³-hybridized carbons (Fsp3) is 0.300. The van der Waals surface area contributed by atoms with E-state index in [4.69, 9.17) is 0 Å². The highest BCUT2D eigenvalue weighted by atomic mass is 16.2. The first-order valence-electron chi connectivity index (χ1n) is 8.92. The first-order valence-corrected chi connectivity index (χ1v) is 8.92. The summed E-state index contributed by atoms with van der Waals surface area (Å²) in [5.74, 6) is 0.334. The predicted octanol–water partition coefficient (Wildman–Crippen LogP) is 2.87. The molecule has 1 aromatic heterocycles. The molecule has 2 unspecified atom stereocenters. The summed E-state index contributed by atoms with van der Waals surface area (Å²) in [5, 5.41) is 14.1. The molecule has 1 amide bonds. The van der Waals surface area contributed by atoms with Gasteiger partial charge in [0.05, 0.1) is 0 Å². The Bertz CT molecular complexity index is 878. The highest BCUT2D eigenvalue weighted by molar-refractivity contribution is 5.83. The van der Waals surface area contributed by atoms with Gasteiger partial charge in [-0.3, -0.25) is 4.79 Å². The maximum absolute atomic E-state index is 13.2. The van der Waals surface area contributed by atoms with Crippen molar-refractivity contribution in [1.29, 1.82) is 0 Å². The number of tetrazole rings is 1. The number of aromatic nitrogens is 4. The molecule has 6 heteroatoms. The molecule has 26 heavy (non-hydrogen) atoms. The van der Waals surface area contributed by atoms with Crippen LogP contribution in [0.25, 0.3) is 0 Å². The molecule has 6 nitrogen and oxygen atoms in total. The van der Waals surface area contributed by atoms with E-state index in [2.05, 4.69) is 51.0 Å². The van der Waals surface area contributed by atoms with E-state index in [1.54, 1.807) is 0 Å². The van der Waals surface area contributed by atoms with Crippen molar-refractivity contribution < 1.29 is 4.79 Å². The third-order valence-corrected chi connectivity index (χ3v) is 5.09. The zero-order valence-electron chi connectivity index (χ0n) is 14.7. The minimum atomic E-state index is -0.365. The molecule has 1 N–H and O–H groups in total. The predicted molar refractivity (Wildman–Crippen MR) is 97.4 cm³/mol. The Labute approximate surface area is 152 Å². The fourth-order valence-corrected chi connectivity index (χ4v) is 3.75. The van der Waals surface area contributed by atoms with E-state index in [1.807, 2.05) is 36.1 Å². The van der Waals surface area contributed by atoms with Gasteiger partial charge >= 0.3 is 0 Å². The number of benzene rings is 2. The molecule has 2 atom stereocenters. The first-order chi connectivity index (χ1) is 12.8. The van der Waals surface area contributed by atoms with Gasteiger partial charge < -0.3 is 4.90 Å². The Morgan fingerprint density at radius 3 is 2.69 bits per heavy atom. The number of amides is 1. The largest absolute Gasteiger partial charge is 0.337 e. The maximum Gasteiger partial charge on any atom is 0.233 e. The summed E-state index contributed by atoms with van der Waals surface area (Å²) in [6.07, 6.45) is 0.645. The number of rotatable bonds is 4. The molecule has 0 saturated carbocycles. The molecular weight excluding hydrogens is 326 g/mol. The second-order valence-electron chi connectivity index (χ2n) is 6.61. The number of nitrogens with one attached hydrogen (secondary N) is 1. The van der Waals surface area contributed by atoms with Crippen LogP contribution >= 0.6 is 0 Å². The molecule has 132 valence electrons. The van der Waals surface area contributed by atoms with E-state index in [0.717, 1.165) is 0 Å². The summed E-state index contributed by atoms with van der Waals surface area (Å²) in [4.78, 5) is 15.2. The SMILES string of the molecule is CCC(C(=O)N1Cc2ccccc2C(c2ccccc2)C1)c1nn[nH]n1. The number of nitrogens with zero attached hydrogens (tertiary/aromatic N) is 4. The third kappa shape index (κ3) is 2.98. The van der Waals surface area contributed by atoms with Gasteiger partial charge in [0.15, 0.2) is 5.82 Å². The standard InChI is InChI=1S/C20H21N5O/c1-2-16(19-21-23-24-22-19)20(26)25-12-15-10-6-7-11-17(15)18(13-25)14-8-4-3-5-9-14/h3-11,16,18H,2,12-13H2,1H3,(H,21,22,23,24). The normalized spacial score (nSPS) is 17.6. The average Bonchev–Trinajstić information content (AvgIpc) is 3.22. The van der Waals surface area contributed by atoms with Gasteiger partial charge in [0.2, 0.25) is 5.91 Å². The zero-order valence-corrected chi connectivity index (χ0v) is 14.7. The molecule has 0 radical (unpaired) electrons. The molecule has 0 spiro atoms. The van der Waals surface area contributed by atoms with Crippen LogP contribution in [0, 0.1) is 0 Å². The van der Waals surface area contributed by atoms with Gasteiger partial charge in [-0.15, -0.1) is 10.2 Å². The molecule has 3 aromatic rings. The van der Waals surface area contributed by atoms with Crippen molar-refractivity contribution in [2.75, 3.05) is 6.54 Å². The summed E-state index contributed by atoms with van der Waals surface area (Å²) in [5.41, 5.74) is 3.73. The van der Waals surface area contributed by atoms with Crippen LogP contribution in [0.4, 0.5) is 0 Å². The number of carbonyl (C=O) groups is 1. The molecule has 1 aliphatic heterocycles. The van der Waals surface area contributed by atoms with Crippen LogP contribution in [0.5, 0.6) is 0 Å². The second-order valence-corrected chi connectivity index (χ2v) is 6.61. The summed E-state index contributed by atoms with van der Waals surface area (Å²) < 4.78 is 0. The lowest BCUT2D eigenvalue weighted by atomic mass is 9.84. The number of hydrogen-bond acceptors (Lipinski definition) is 4. The lowest BCUT2D eigenvalue weighted by molar-refractivity contribution is -0.134. The number of hydrogen-bond donors (Lipinski definition) is 1. The fourth-order valence-electron chi connectivity index (χ4n) is 3.75. The van der Waals surface area contributed by atoms with Crippen molar-refractivity contribution >= 4 is 5.91 Å². The number of carbonyl (C=O) groups excluding carboxylic acids is 1. The zero-order chi connectivity index (χ0) is 17.9. The van der Waals surface area contributed by atoms with Crippen molar-refractivity contribution in [3.63, 3.8) is 0 Å². The minimum absolute atomic E-state index is 0.0596. The van der Waals surface area contributed by atoms with E-state index in [9.17, 15) is 4.79 Å². The average molecular weight is 347 g/mol. The Morgan fingerprint density at radius 2 is 1.96 bits per heavy atom. The van der Waals surface area contributed by atoms with Crippen LogP contribution in [-0.4, -0.2) is 38.0 Å². The lowest BCUT2D eigenvalue weighted by Crippen LogP contribution is -2.41. The number of H-pyrrole nitrogens is 1. The van der Waals surface area contributed by atoms with Crippen LogP contribution in [0.3, 0.4) is 0 Å². The Balaban J connectivity index is 1.68. The Kier molecular flexibility index (Phi) is 4.48. The summed E-state index contributed by atoms with van der Waals surface area (Å²) >= 11 is 0. The molecule has 4 rings (SSSR count). The summed E-state index contributed by atoms with van der Waals surface area (Å²) in [7, 11) is 0. The minimum Gasteiger partial charge on any atom is -0.337 e. The van der Waals surface area contributed by atoms with E-state index in [-0.39, 0.29) is 17.7 Å². The van der Waals surface area contributed by atoms with Gasteiger partial charge in [-0.05, 0) is 23.1 Å². The smallest absolute Gasteiger partial charge is 0.233 e. The third-order valence-electron chi connectivity index (χ3n) is 5.09. The van der Waals surface area contributed by atoms with Crippen molar-refractivity contribution in [3.05, 3.63) is 77.1 Å². The molecule has 0 bridgehead atoms. The number of aromatic amines is 1. The number of fused-ring (bicyclic) bond motifs is 1. The van der Waals surface area contributed by atoms with Crippen LogP contribution in [0.2, 0.25) is 0 Å². The van der Waals surface area contributed by atoms with Gasteiger partial charge in [-0.25, -0.2) is 0 Å².